The number of amidine groups is 1. The first-order valence-corrected chi connectivity index (χ1v) is 6.08. The van der Waals surface area contributed by atoms with Gasteiger partial charge in [0.2, 0.25) is 0 Å². The van der Waals surface area contributed by atoms with Crippen LogP contribution in [0.4, 0.5) is 13.2 Å². The molecule has 0 saturated carbocycles. The van der Waals surface area contributed by atoms with Crippen molar-refractivity contribution in [3.05, 3.63) is 28.5 Å². The smallest absolute Gasteiger partial charge is 0.386 e. The first-order chi connectivity index (χ1) is 8.79. The molecule has 5 nitrogen and oxygen atoms in total. The van der Waals surface area contributed by atoms with E-state index in [2.05, 4.69) is 25.9 Å². The molecule has 0 amide bonds. The lowest BCUT2D eigenvalue weighted by Crippen LogP contribution is -2.38. The summed E-state index contributed by atoms with van der Waals surface area (Å²) in [6.07, 6.45) is -1.37. The van der Waals surface area contributed by atoms with Crippen LogP contribution in [0.25, 0.3) is 0 Å². The number of allylic oxidation sites excluding steroid dienone is 1. The third-order valence-corrected chi connectivity index (χ3v) is 3.50. The van der Waals surface area contributed by atoms with Crippen molar-refractivity contribution >= 4 is 21.8 Å². The second-order valence-electron chi connectivity index (χ2n) is 4.09. The number of nitrogens with zero attached hydrogens (tertiary/aromatic N) is 4. The van der Waals surface area contributed by atoms with Gasteiger partial charge in [-0.05, 0) is 15.9 Å². The lowest BCUT2D eigenvalue weighted by atomic mass is 10.3. The SMILES string of the molecule is Cn1cncc1CN1CC(N)=NC(C(F)(F)F)=C1Br. The summed E-state index contributed by atoms with van der Waals surface area (Å²) >= 11 is 2.95. The fourth-order valence-electron chi connectivity index (χ4n) is 1.68. The van der Waals surface area contributed by atoms with Gasteiger partial charge >= 0.3 is 6.18 Å². The Morgan fingerprint density at radius 1 is 1.47 bits per heavy atom. The Balaban J connectivity index is 2.30. The van der Waals surface area contributed by atoms with E-state index in [-0.39, 0.29) is 23.5 Å². The van der Waals surface area contributed by atoms with Crippen molar-refractivity contribution < 1.29 is 13.2 Å². The molecule has 2 heterocycles. The number of halogens is 4. The minimum atomic E-state index is -4.55. The van der Waals surface area contributed by atoms with Crippen molar-refractivity contribution in [1.29, 1.82) is 0 Å². The molecule has 0 aliphatic carbocycles. The highest BCUT2D eigenvalue weighted by Crippen LogP contribution is 2.35. The molecule has 0 aromatic carbocycles. The number of hydrogen-bond acceptors (Lipinski definition) is 4. The maximum absolute atomic E-state index is 12.8. The molecular formula is C10H11BrF3N5. The van der Waals surface area contributed by atoms with Crippen molar-refractivity contribution in [2.24, 2.45) is 17.8 Å². The van der Waals surface area contributed by atoms with Crippen molar-refractivity contribution in [2.75, 3.05) is 6.54 Å². The fraction of sp³-hybridized carbons (Fsp3) is 0.400. The molecular weight excluding hydrogens is 327 g/mol. The molecule has 0 saturated heterocycles. The van der Waals surface area contributed by atoms with Crippen LogP contribution in [0.15, 0.2) is 27.8 Å². The van der Waals surface area contributed by atoms with Crippen molar-refractivity contribution in [3.63, 3.8) is 0 Å². The van der Waals surface area contributed by atoms with Crippen molar-refractivity contribution in [2.45, 2.75) is 12.7 Å². The Morgan fingerprint density at radius 2 is 2.16 bits per heavy atom. The predicted octanol–water partition coefficient (Wildman–Crippen LogP) is 1.72. The number of aromatic nitrogens is 2. The zero-order valence-electron chi connectivity index (χ0n) is 9.95. The molecule has 104 valence electrons. The van der Waals surface area contributed by atoms with E-state index in [1.54, 1.807) is 24.1 Å². The topological polar surface area (TPSA) is 59.4 Å². The van der Waals surface area contributed by atoms with Gasteiger partial charge in [0.1, 0.15) is 10.4 Å². The molecule has 1 aromatic rings. The fourth-order valence-corrected chi connectivity index (χ4v) is 2.24. The maximum Gasteiger partial charge on any atom is 0.436 e. The molecule has 1 aliphatic rings. The largest absolute Gasteiger partial charge is 0.436 e. The molecule has 0 unspecified atom stereocenters. The molecule has 0 spiro atoms. The van der Waals surface area contributed by atoms with Gasteiger partial charge in [0.25, 0.3) is 0 Å². The number of imidazole rings is 1. The van der Waals surface area contributed by atoms with Gasteiger partial charge in [0.15, 0.2) is 5.70 Å². The highest BCUT2D eigenvalue weighted by atomic mass is 79.9. The van der Waals surface area contributed by atoms with Crippen molar-refractivity contribution in [1.82, 2.24) is 14.5 Å². The highest BCUT2D eigenvalue weighted by Gasteiger charge is 2.39. The Morgan fingerprint density at radius 3 is 2.68 bits per heavy atom. The monoisotopic (exact) mass is 337 g/mol. The Hall–Kier alpha value is -1.51. The number of aryl methyl sites for hydroxylation is 1. The van der Waals surface area contributed by atoms with E-state index in [1.165, 1.54) is 4.90 Å². The molecule has 0 atom stereocenters. The lowest BCUT2D eigenvalue weighted by molar-refractivity contribution is -0.0941. The van der Waals surface area contributed by atoms with Crippen molar-refractivity contribution in [3.8, 4) is 0 Å². The standard InChI is InChI=1S/C10H11BrF3N5/c1-18-5-16-2-6(18)3-19-4-7(15)17-8(9(19)11)10(12,13)14/h2,5H,3-4H2,1H3,(H2,15,17). The van der Waals surface area contributed by atoms with Gasteiger partial charge in [0, 0.05) is 13.2 Å². The second kappa shape index (κ2) is 4.87. The van der Waals surface area contributed by atoms with Gasteiger partial charge in [0.05, 0.1) is 25.1 Å². The maximum atomic E-state index is 12.8. The van der Waals surface area contributed by atoms with Gasteiger partial charge in [-0.2, -0.15) is 13.2 Å². The minimum absolute atomic E-state index is 0.0716. The normalized spacial score (nSPS) is 16.9. The average molecular weight is 338 g/mol. The van der Waals surface area contributed by atoms with Crippen LogP contribution < -0.4 is 5.73 Å². The van der Waals surface area contributed by atoms with Crippen LogP contribution in [0.5, 0.6) is 0 Å². The van der Waals surface area contributed by atoms with Gasteiger partial charge in [-0.1, -0.05) is 0 Å². The first kappa shape index (κ1) is 13.9. The van der Waals surface area contributed by atoms with Gasteiger partial charge in [-0.15, -0.1) is 0 Å². The number of rotatable bonds is 2. The summed E-state index contributed by atoms with van der Waals surface area (Å²) < 4.78 is 40.0. The Bertz CT molecular complexity index is 546. The summed E-state index contributed by atoms with van der Waals surface area (Å²) in [4.78, 5) is 8.76. The summed E-state index contributed by atoms with van der Waals surface area (Å²) in [5, 5.41) is 0. The molecule has 9 heteroatoms. The van der Waals surface area contributed by atoms with Gasteiger partial charge < -0.3 is 15.2 Å². The summed E-state index contributed by atoms with van der Waals surface area (Å²) in [5.41, 5.74) is 5.23. The molecule has 1 aromatic heterocycles. The Kier molecular flexibility index (Phi) is 3.57. The zero-order valence-corrected chi connectivity index (χ0v) is 11.5. The van der Waals surface area contributed by atoms with Gasteiger partial charge in [-0.3, -0.25) is 0 Å². The summed E-state index contributed by atoms with van der Waals surface area (Å²) in [7, 11) is 1.77. The van der Waals surface area contributed by atoms with E-state index in [9.17, 15) is 13.2 Å². The highest BCUT2D eigenvalue weighted by molar-refractivity contribution is 9.11. The molecule has 0 radical (unpaired) electrons. The van der Waals surface area contributed by atoms with Crippen LogP contribution in [-0.4, -0.2) is 33.0 Å². The van der Waals surface area contributed by atoms with Gasteiger partial charge in [-0.25, -0.2) is 9.98 Å². The van der Waals surface area contributed by atoms with E-state index >= 15 is 0 Å². The van der Waals surface area contributed by atoms with E-state index in [0.29, 0.717) is 0 Å². The predicted molar refractivity (Wildman–Crippen MR) is 67.2 cm³/mol. The molecule has 0 fully saturated rings. The molecule has 2 N–H and O–H groups in total. The molecule has 2 rings (SSSR count). The van der Waals surface area contributed by atoms with E-state index in [0.717, 1.165) is 5.69 Å². The van der Waals surface area contributed by atoms with Crippen LogP contribution >= 0.6 is 15.9 Å². The quantitative estimate of drug-likeness (QED) is 0.836. The van der Waals surface area contributed by atoms with Crippen LogP contribution in [0, 0.1) is 0 Å². The van der Waals surface area contributed by atoms with Crippen LogP contribution in [-0.2, 0) is 13.6 Å². The number of hydrogen-bond donors (Lipinski definition) is 1. The van der Waals surface area contributed by atoms with Crippen LogP contribution in [0.2, 0.25) is 0 Å². The number of alkyl halides is 3. The molecule has 19 heavy (non-hydrogen) atoms. The second-order valence-corrected chi connectivity index (χ2v) is 4.84. The van der Waals surface area contributed by atoms with E-state index in [4.69, 9.17) is 5.73 Å². The first-order valence-electron chi connectivity index (χ1n) is 5.29. The summed E-state index contributed by atoms with van der Waals surface area (Å²) in [6.45, 7) is 0.387. The molecule has 1 aliphatic heterocycles. The Labute approximate surface area is 115 Å². The third-order valence-electron chi connectivity index (χ3n) is 2.62. The van der Waals surface area contributed by atoms with Crippen LogP contribution in [0.1, 0.15) is 5.69 Å². The molecule has 0 bridgehead atoms. The zero-order chi connectivity index (χ0) is 14.2. The van der Waals surface area contributed by atoms with Crippen LogP contribution in [0.3, 0.4) is 0 Å². The summed E-state index contributed by atoms with van der Waals surface area (Å²) in [6, 6.07) is 0. The number of nitrogens with two attached hydrogens (primary N) is 1. The summed E-state index contributed by atoms with van der Waals surface area (Å²) in [5.74, 6) is -0.0716. The minimum Gasteiger partial charge on any atom is -0.386 e. The average Bonchev–Trinajstić information content (AvgIpc) is 2.68. The third kappa shape index (κ3) is 2.91. The van der Waals surface area contributed by atoms with E-state index in [1.807, 2.05) is 0 Å². The number of aliphatic imine (C=N–C) groups is 1. The lowest BCUT2D eigenvalue weighted by Gasteiger charge is -2.29. The van der Waals surface area contributed by atoms with E-state index < -0.39 is 11.9 Å².